The third-order valence-corrected chi connectivity index (χ3v) is 3.66. The van der Waals surface area contributed by atoms with Crippen LogP contribution in [0.5, 0.6) is 5.75 Å². The van der Waals surface area contributed by atoms with E-state index in [1.807, 2.05) is 28.9 Å². The van der Waals surface area contributed by atoms with Crippen LogP contribution in [0.2, 0.25) is 0 Å². The summed E-state index contributed by atoms with van der Waals surface area (Å²) in [6, 6.07) is 7.92. The van der Waals surface area contributed by atoms with Crippen LogP contribution in [0.15, 0.2) is 30.5 Å². The molecular formula is C10H8I2N2O. The Morgan fingerprint density at radius 2 is 2.07 bits per heavy atom. The molecule has 0 saturated heterocycles. The van der Waals surface area contributed by atoms with Crippen molar-refractivity contribution in [3.05, 3.63) is 37.7 Å². The summed E-state index contributed by atoms with van der Waals surface area (Å²) in [5.74, 6) is 0.866. The average molecular weight is 426 g/mol. The highest BCUT2D eigenvalue weighted by molar-refractivity contribution is 14.1. The van der Waals surface area contributed by atoms with Crippen molar-refractivity contribution < 1.29 is 4.74 Å². The molecule has 0 aliphatic carbocycles. The van der Waals surface area contributed by atoms with E-state index >= 15 is 0 Å². The molecule has 0 aliphatic heterocycles. The fraction of sp³-hybridized carbons (Fsp3) is 0.100. The highest BCUT2D eigenvalue weighted by atomic mass is 127. The van der Waals surface area contributed by atoms with Crippen LogP contribution in [0.4, 0.5) is 0 Å². The van der Waals surface area contributed by atoms with Crippen molar-refractivity contribution in [2.75, 3.05) is 7.11 Å². The number of benzene rings is 1. The molecule has 15 heavy (non-hydrogen) atoms. The van der Waals surface area contributed by atoms with Gasteiger partial charge in [-0.1, -0.05) is 0 Å². The van der Waals surface area contributed by atoms with E-state index in [0.717, 1.165) is 18.7 Å². The summed E-state index contributed by atoms with van der Waals surface area (Å²) < 4.78 is 9.28. The molecule has 0 bridgehead atoms. The summed E-state index contributed by atoms with van der Waals surface area (Å²) in [5, 5.41) is 4.27. The maximum absolute atomic E-state index is 5.16. The Morgan fingerprint density at radius 3 is 2.60 bits per heavy atom. The minimum Gasteiger partial charge on any atom is -0.497 e. The number of hydrogen-bond donors (Lipinski definition) is 0. The van der Waals surface area contributed by atoms with E-state index in [-0.39, 0.29) is 0 Å². The van der Waals surface area contributed by atoms with Crippen LogP contribution in [0, 0.1) is 7.27 Å². The second-order valence-corrected chi connectivity index (χ2v) is 5.15. The second kappa shape index (κ2) is 4.69. The van der Waals surface area contributed by atoms with Crippen molar-refractivity contribution >= 4 is 45.2 Å². The molecule has 0 saturated carbocycles. The molecule has 0 radical (unpaired) electrons. The zero-order valence-electron chi connectivity index (χ0n) is 7.95. The standard InChI is InChI=1S/C10H8I2N2O/c1-15-7-2-3-9(8(11)6-7)14-10(12)4-5-13-14/h2-6H,1H3. The Bertz CT molecular complexity index is 482. The number of rotatable bonds is 2. The van der Waals surface area contributed by atoms with Gasteiger partial charge in [-0.3, -0.25) is 0 Å². The second-order valence-electron chi connectivity index (χ2n) is 2.88. The van der Waals surface area contributed by atoms with Gasteiger partial charge in [0.05, 0.1) is 19.0 Å². The van der Waals surface area contributed by atoms with Crippen LogP contribution in [0.3, 0.4) is 0 Å². The lowest BCUT2D eigenvalue weighted by Gasteiger charge is -2.07. The molecule has 1 heterocycles. The average Bonchev–Trinajstić information content (AvgIpc) is 2.64. The minimum absolute atomic E-state index is 0.866. The van der Waals surface area contributed by atoms with E-state index in [1.165, 1.54) is 0 Å². The fourth-order valence-corrected chi connectivity index (χ4v) is 2.51. The first-order valence-electron chi connectivity index (χ1n) is 4.26. The van der Waals surface area contributed by atoms with Gasteiger partial charge >= 0.3 is 0 Å². The Hall–Kier alpha value is -0.310. The van der Waals surface area contributed by atoms with Crippen molar-refractivity contribution in [3.63, 3.8) is 0 Å². The van der Waals surface area contributed by atoms with Gasteiger partial charge in [0.2, 0.25) is 0 Å². The summed E-state index contributed by atoms with van der Waals surface area (Å²) in [5.41, 5.74) is 1.07. The van der Waals surface area contributed by atoms with Crippen LogP contribution in [-0.4, -0.2) is 16.9 Å². The van der Waals surface area contributed by atoms with Crippen LogP contribution in [0.25, 0.3) is 5.69 Å². The van der Waals surface area contributed by atoms with Crippen LogP contribution in [0.1, 0.15) is 0 Å². The zero-order chi connectivity index (χ0) is 10.8. The molecule has 5 heteroatoms. The summed E-state index contributed by atoms with van der Waals surface area (Å²) in [7, 11) is 1.67. The number of halogens is 2. The summed E-state index contributed by atoms with van der Waals surface area (Å²) in [6.45, 7) is 0. The molecule has 1 aromatic heterocycles. The smallest absolute Gasteiger partial charge is 0.120 e. The van der Waals surface area contributed by atoms with Crippen LogP contribution in [-0.2, 0) is 0 Å². The Balaban J connectivity index is 2.50. The normalized spacial score (nSPS) is 10.3. The predicted octanol–water partition coefficient (Wildman–Crippen LogP) is 3.09. The van der Waals surface area contributed by atoms with E-state index in [0.29, 0.717) is 0 Å². The lowest BCUT2D eigenvalue weighted by molar-refractivity contribution is 0.414. The fourth-order valence-electron chi connectivity index (χ4n) is 1.25. The number of nitrogens with zero attached hydrogens (tertiary/aromatic N) is 2. The first-order valence-corrected chi connectivity index (χ1v) is 6.41. The van der Waals surface area contributed by atoms with Crippen LogP contribution >= 0.6 is 45.2 Å². The Morgan fingerprint density at radius 1 is 1.27 bits per heavy atom. The minimum atomic E-state index is 0.866. The number of aromatic nitrogens is 2. The quantitative estimate of drug-likeness (QED) is 0.691. The molecule has 0 unspecified atom stereocenters. The maximum atomic E-state index is 5.16. The molecule has 3 nitrogen and oxygen atoms in total. The first kappa shape index (κ1) is 11.2. The molecule has 2 rings (SSSR count). The molecule has 0 N–H and O–H groups in total. The van der Waals surface area contributed by atoms with Gasteiger partial charge in [0, 0.05) is 3.57 Å². The van der Waals surface area contributed by atoms with Gasteiger partial charge in [-0.05, 0) is 69.4 Å². The van der Waals surface area contributed by atoms with Gasteiger partial charge < -0.3 is 4.74 Å². The molecule has 2 aromatic rings. The van der Waals surface area contributed by atoms with Crippen LogP contribution < -0.4 is 4.74 Å². The predicted molar refractivity (Wildman–Crippen MR) is 75.6 cm³/mol. The van der Waals surface area contributed by atoms with Crippen molar-refractivity contribution in [1.29, 1.82) is 0 Å². The lowest BCUT2D eigenvalue weighted by Crippen LogP contribution is -2.01. The molecule has 78 valence electrons. The van der Waals surface area contributed by atoms with Gasteiger partial charge in [-0.2, -0.15) is 5.10 Å². The highest BCUT2D eigenvalue weighted by Gasteiger charge is 2.06. The highest BCUT2D eigenvalue weighted by Crippen LogP contribution is 2.23. The summed E-state index contributed by atoms with van der Waals surface area (Å²) in [4.78, 5) is 0. The van der Waals surface area contributed by atoms with E-state index in [2.05, 4.69) is 50.3 Å². The van der Waals surface area contributed by atoms with Crippen molar-refractivity contribution in [2.24, 2.45) is 0 Å². The first-order chi connectivity index (χ1) is 7.22. The molecule has 0 aliphatic rings. The maximum Gasteiger partial charge on any atom is 0.120 e. The molecule has 0 atom stereocenters. The molecular weight excluding hydrogens is 418 g/mol. The molecule has 0 fully saturated rings. The summed E-state index contributed by atoms with van der Waals surface area (Å²) in [6.07, 6.45) is 1.79. The van der Waals surface area contributed by atoms with E-state index in [9.17, 15) is 0 Å². The SMILES string of the molecule is COc1ccc(-n2nccc2I)c(I)c1. The van der Waals surface area contributed by atoms with Crippen molar-refractivity contribution in [1.82, 2.24) is 9.78 Å². The number of methoxy groups -OCH3 is 1. The third-order valence-electron chi connectivity index (χ3n) is 1.98. The van der Waals surface area contributed by atoms with E-state index < -0.39 is 0 Å². The lowest BCUT2D eigenvalue weighted by atomic mass is 10.3. The van der Waals surface area contributed by atoms with E-state index in [1.54, 1.807) is 13.3 Å². The van der Waals surface area contributed by atoms with Gasteiger partial charge in [0.1, 0.15) is 9.45 Å². The number of hydrogen-bond acceptors (Lipinski definition) is 2. The molecule has 1 aromatic carbocycles. The number of ether oxygens (including phenoxy) is 1. The molecule has 0 spiro atoms. The van der Waals surface area contributed by atoms with Gasteiger partial charge in [-0.15, -0.1) is 0 Å². The monoisotopic (exact) mass is 426 g/mol. The topological polar surface area (TPSA) is 27.1 Å². The van der Waals surface area contributed by atoms with Crippen molar-refractivity contribution in [2.45, 2.75) is 0 Å². The Kier molecular flexibility index (Phi) is 3.49. The van der Waals surface area contributed by atoms with Gasteiger partial charge in [0.25, 0.3) is 0 Å². The largest absolute Gasteiger partial charge is 0.497 e. The van der Waals surface area contributed by atoms with E-state index in [4.69, 9.17) is 4.74 Å². The summed E-state index contributed by atoms with van der Waals surface area (Å²) >= 11 is 4.54. The third kappa shape index (κ3) is 2.27. The van der Waals surface area contributed by atoms with Gasteiger partial charge in [-0.25, -0.2) is 4.68 Å². The van der Waals surface area contributed by atoms with Gasteiger partial charge in [0.15, 0.2) is 0 Å². The zero-order valence-corrected chi connectivity index (χ0v) is 12.3. The molecule has 0 amide bonds. The van der Waals surface area contributed by atoms with Crippen molar-refractivity contribution in [3.8, 4) is 11.4 Å². The Labute approximate surface area is 115 Å².